The molecule has 1 N–H and O–H groups in total. The quantitative estimate of drug-likeness (QED) is 0.564. The summed E-state index contributed by atoms with van der Waals surface area (Å²) in [4.78, 5) is 23.2. The van der Waals surface area contributed by atoms with Crippen molar-refractivity contribution in [3.63, 3.8) is 0 Å². The van der Waals surface area contributed by atoms with Crippen molar-refractivity contribution < 1.29 is 14.3 Å². The first-order valence-electron chi connectivity index (χ1n) is 6.08. The van der Waals surface area contributed by atoms with Crippen molar-refractivity contribution in [2.45, 2.75) is 19.3 Å². The highest BCUT2D eigenvalue weighted by atomic mass is 16.5. The van der Waals surface area contributed by atoms with E-state index in [1.807, 2.05) is 18.2 Å². The minimum absolute atomic E-state index is 0.00245. The normalized spacial score (nSPS) is 10.1. The molecular formula is C14H19NO3. The summed E-state index contributed by atoms with van der Waals surface area (Å²) >= 11 is 0. The van der Waals surface area contributed by atoms with Crippen LogP contribution in [0.5, 0.6) is 0 Å². The fraction of sp³-hybridized carbons (Fsp3) is 0.429. The first-order chi connectivity index (χ1) is 8.74. The van der Waals surface area contributed by atoms with Crippen molar-refractivity contribution in [3.05, 3.63) is 35.9 Å². The van der Waals surface area contributed by atoms with Crippen LogP contribution < -0.4 is 5.32 Å². The molecule has 1 amide bonds. The average Bonchev–Trinajstić information content (AvgIpc) is 2.42. The summed E-state index contributed by atoms with van der Waals surface area (Å²) in [6.07, 6.45) is 1.27. The monoisotopic (exact) mass is 249 g/mol. The predicted octanol–water partition coefficient (Wildman–Crippen LogP) is 1.80. The molecule has 18 heavy (non-hydrogen) atoms. The highest BCUT2D eigenvalue weighted by Crippen LogP contribution is 2.04. The van der Waals surface area contributed by atoms with Crippen molar-refractivity contribution in [3.8, 4) is 0 Å². The lowest BCUT2D eigenvalue weighted by Gasteiger charge is -2.04. The number of carbonyl (C=O) groups excluding carboxylic acids is 2. The number of carbonyl (C=O) groups is 2. The SMILES string of the molecule is COCCCNC(=O)CCC(=O)c1ccccc1. The Balaban J connectivity index is 2.20. The van der Waals surface area contributed by atoms with Gasteiger partial charge in [-0.3, -0.25) is 9.59 Å². The smallest absolute Gasteiger partial charge is 0.220 e. The van der Waals surface area contributed by atoms with Crippen LogP contribution in [0.2, 0.25) is 0 Å². The molecule has 0 aliphatic rings. The molecule has 0 heterocycles. The molecule has 1 rings (SSSR count). The van der Waals surface area contributed by atoms with Crippen LogP contribution in [0.3, 0.4) is 0 Å². The molecule has 0 aliphatic heterocycles. The Morgan fingerprint density at radius 2 is 1.89 bits per heavy atom. The molecule has 4 heteroatoms. The second-order valence-corrected chi connectivity index (χ2v) is 3.99. The molecule has 0 radical (unpaired) electrons. The number of nitrogens with one attached hydrogen (secondary N) is 1. The third-order valence-corrected chi connectivity index (χ3v) is 2.52. The Morgan fingerprint density at radius 1 is 1.17 bits per heavy atom. The fourth-order valence-electron chi connectivity index (χ4n) is 1.53. The summed E-state index contributed by atoms with van der Waals surface area (Å²) in [6, 6.07) is 9.02. The van der Waals surface area contributed by atoms with Gasteiger partial charge < -0.3 is 10.1 Å². The Morgan fingerprint density at radius 3 is 2.56 bits per heavy atom. The number of hydrogen-bond donors (Lipinski definition) is 1. The van der Waals surface area contributed by atoms with Gasteiger partial charge in [-0.05, 0) is 6.42 Å². The van der Waals surface area contributed by atoms with Crippen LogP contribution in [0.4, 0.5) is 0 Å². The van der Waals surface area contributed by atoms with E-state index < -0.39 is 0 Å². The Hall–Kier alpha value is -1.68. The molecule has 0 fully saturated rings. The molecule has 0 spiro atoms. The molecule has 0 aliphatic carbocycles. The molecule has 1 aromatic carbocycles. The zero-order valence-electron chi connectivity index (χ0n) is 10.6. The zero-order valence-corrected chi connectivity index (χ0v) is 10.6. The van der Waals surface area contributed by atoms with Gasteiger partial charge in [0.15, 0.2) is 5.78 Å². The molecule has 0 aromatic heterocycles. The first-order valence-corrected chi connectivity index (χ1v) is 6.08. The maximum Gasteiger partial charge on any atom is 0.220 e. The minimum atomic E-state index is -0.0876. The number of benzene rings is 1. The van der Waals surface area contributed by atoms with Crippen molar-refractivity contribution in [2.75, 3.05) is 20.3 Å². The third kappa shape index (κ3) is 5.59. The number of amides is 1. The van der Waals surface area contributed by atoms with Gasteiger partial charge in [0.1, 0.15) is 0 Å². The van der Waals surface area contributed by atoms with Crippen LogP contribution in [0.15, 0.2) is 30.3 Å². The molecule has 0 unspecified atom stereocenters. The summed E-state index contributed by atoms with van der Waals surface area (Å²) in [5.41, 5.74) is 0.657. The van der Waals surface area contributed by atoms with Crippen LogP contribution in [-0.4, -0.2) is 32.0 Å². The molecule has 4 nitrogen and oxygen atoms in total. The standard InChI is InChI=1S/C14H19NO3/c1-18-11-5-10-15-14(17)9-8-13(16)12-6-3-2-4-7-12/h2-4,6-7H,5,8-11H2,1H3,(H,15,17). The Bertz CT molecular complexity index is 376. The van der Waals surface area contributed by atoms with Crippen molar-refractivity contribution >= 4 is 11.7 Å². The molecule has 98 valence electrons. The summed E-state index contributed by atoms with van der Waals surface area (Å²) in [5.74, 6) is -0.0852. The number of ether oxygens (including phenoxy) is 1. The summed E-state index contributed by atoms with van der Waals surface area (Å²) in [5, 5.41) is 2.75. The van der Waals surface area contributed by atoms with Crippen molar-refractivity contribution in [1.82, 2.24) is 5.32 Å². The Kier molecular flexibility index (Phi) is 6.72. The van der Waals surface area contributed by atoms with Gasteiger partial charge in [-0.2, -0.15) is 0 Å². The van der Waals surface area contributed by atoms with Gasteiger partial charge >= 0.3 is 0 Å². The van der Waals surface area contributed by atoms with Crippen molar-refractivity contribution in [1.29, 1.82) is 0 Å². The van der Waals surface area contributed by atoms with E-state index in [4.69, 9.17) is 4.74 Å². The lowest BCUT2D eigenvalue weighted by molar-refractivity contribution is -0.121. The van der Waals surface area contributed by atoms with Crippen LogP contribution >= 0.6 is 0 Å². The van der Waals surface area contributed by atoms with E-state index in [-0.39, 0.29) is 24.5 Å². The van der Waals surface area contributed by atoms with Crippen LogP contribution in [0, 0.1) is 0 Å². The predicted molar refractivity (Wildman–Crippen MR) is 69.5 cm³/mol. The highest BCUT2D eigenvalue weighted by molar-refractivity contribution is 5.97. The maximum atomic E-state index is 11.7. The van der Waals surface area contributed by atoms with E-state index in [1.54, 1.807) is 19.2 Å². The Labute approximate surface area is 107 Å². The van der Waals surface area contributed by atoms with Crippen LogP contribution in [0.1, 0.15) is 29.6 Å². The van der Waals surface area contributed by atoms with Crippen LogP contribution in [0.25, 0.3) is 0 Å². The summed E-state index contributed by atoms with van der Waals surface area (Å²) in [6.45, 7) is 1.22. The average molecular weight is 249 g/mol. The van der Waals surface area contributed by atoms with Gasteiger partial charge in [0.25, 0.3) is 0 Å². The van der Waals surface area contributed by atoms with E-state index in [0.717, 1.165) is 6.42 Å². The van der Waals surface area contributed by atoms with E-state index >= 15 is 0 Å². The topological polar surface area (TPSA) is 55.4 Å². The van der Waals surface area contributed by atoms with E-state index in [2.05, 4.69) is 5.32 Å². The molecule has 0 saturated heterocycles. The van der Waals surface area contributed by atoms with Crippen LogP contribution in [-0.2, 0) is 9.53 Å². The number of rotatable bonds is 8. The minimum Gasteiger partial charge on any atom is -0.385 e. The summed E-state index contributed by atoms with van der Waals surface area (Å²) < 4.78 is 4.87. The number of Topliss-reactive ketones (excluding diaryl/α,β-unsaturated/α-hetero) is 1. The number of hydrogen-bond acceptors (Lipinski definition) is 3. The number of ketones is 1. The van der Waals surface area contributed by atoms with E-state index in [1.165, 1.54) is 0 Å². The highest BCUT2D eigenvalue weighted by Gasteiger charge is 2.08. The molecule has 0 atom stereocenters. The second kappa shape index (κ2) is 8.42. The second-order valence-electron chi connectivity index (χ2n) is 3.99. The third-order valence-electron chi connectivity index (χ3n) is 2.52. The fourth-order valence-corrected chi connectivity index (χ4v) is 1.53. The van der Waals surface area contributed by atoms with Gasteiger partial charge in [-0.25, -0.2) is 0 Å². The van der Waals surface area contributed by atoms with Gasteiger partial charge in [0.05, 0.1) is 0 Å². The van der Waals surface area contributed by atoms with Gasteiger partial charge in [-0.15, -0.1) is 0 Å². The number of methoxy groups -OCH3 is 1. The summed E-state index contributed by atoms with van der Waals surface area (Å²) in [7, 11) is 1.63. The van der Waals surface area contributed by atoms with E-state index in [9.17, 15) is 9.59 Å². The van der Waals surface area contributed by atoms with Gasteiger partial charge in [-0.1, -0.05) is 30.3 Å². The van der Waals surface area contributed by atoms with Gasteiger partial charge in [0, 0.05) is 38.7 Å². The van der Waals surface area contributed by atoms with Gasteiger partial charge in [0.2, 0.25) is 5.91 Å². The molecular weight excluding hydrogens is 230 g/mol. The first kappa shape index (κ1) is 14.4. The van der Waals surface area contributed by atoms with E-state index in [0.29, 0.717) is 18.7 Å². The largest absolute Gasteiger partial charge is 0.385 e. The lowest BCUT2D eigenvalue weighted by atomic mass is 10.1. The molecule has 1 aromatic rings. The van der Waals surface area contributed by atoms with Crippen molar-refractivity contribution in [2.24, 2.45) is 0 Å². The lowest BCUT2D eigenvalue weighted by Crippen LogP contribution is -2.25. The molecule has 0 saturated carbocycles. The zero-order chi connectivity index (χ0) is 13.2. The molecule has 0 bridgehead atoms. The maximum absolute atomic E-state index is 11.7.